The quantitative estimate of drug-likeness (QED) is 0.00524. The van der Waals surface area contributed by atoms with Crippen LogP contribution in [0.5, 0.6) is 40.2 Å². The van der Waals surface area contributed by atoms with E-state index in [2.05, 4.69) is 19.6 Å². The molecule has 0 aliphatic heterocycles. The van der Waals surface area contributed by atoms with E-state index in [1.807, 2.05) is 84.0 Å². The molecule has 7 rings (SSSR count). The Balaban J connectivity index is 0.000000754. The van der Waals surface area contributed by atoms with Crippen molar-refractivity contribution in [3.05, 3.63) is 191 Å². The fraction of sp³-hybridized carbons (Fsp3) is 0.466. The highest BCUT2D eigenvalue weighted by atomic mass is 32.2. The lowest BCUT2D eigenvalue weighted by Gasteiger charge is -2.17. The maximum absolute atomic E-state index is 12.6. The van der Waals surface area contributed by atoms with E-state index >= 15 is 0 Å². The Labute approximate surface area is 724 Å². The Morgan fingerprint density at radius 2 is 0.659 bits per heavy atom. The Morgan fingerprint density at radius 1 is 0.366 bits per heavy atom. The van der Waals surface area contributed by atoms with Crippen molar-refractivity contribution in [3.63, 3.8) is 0 Å². The molecule has 35 heteroatoms. The van der Waals surface area contributed by atoms with E-state index < -0.39 is 76.8 Å². The van der Waals surface area contributed by atoms with Crippen molar-refractivity contribution in [2.45, 2.75) is 155 Å². The minimum Gasteiger partial charge on any atom is -0.508 e. The zero-order valence-corrected chi connectivity index (χ0v) is 73.1. The average Bonchev–Trinajstić information content (AvgIpc) is 0.881. The molecule has 0 bridgehead atoms. The topological polar surface area (TPSA) is 279 Å². The third-order valence-corrected chi connectivity index (χ3v) is 19.6. The lowest BCUT2D eigenvalue weighted by Crippen LogP contribution is -2.27. The summed E-state index contributed by atoms with van der Waals surface area (Å²) in [5.74, 6) is 1.53. The fourth-order valence-electron chi connectivity index (χ4n) is 9.40. The maximum atomic E-state index is 12.6. The van der Waals surface area contributed by atoms with Gasteiger partial charge in [-0.05, 0) is 249 Å². The van der Waals surface area contributed by atoms with E-state index in [0.29, 0.717) is 74.0 Å². The van der Waals surface area contributed by atoms with Gasteiger partial charge in [-0.3, -0.25) is 9.59 Å². The normalized spacial score (nSPS) is 11.8. The van der Waals surface area contributed by atoms with Crippen LogP contribution in [0.3, 0.4) is 0 Å². The van der Waals surface area contributed by atoms with E-state index in [0.717, 1.165) is 129 Å². The zero-order chi connectivity index (χ0) is 92.9. The number of hydrogen-bond acceptors (Lipinski definition) is 22. The van der Waals surface area contributed by atoms with Crippen molar-refractivity contribution < 1.29 is 150 Å². The second kappa shape index (κ2) is 60.2. The number of thioether (sulfide) groups is 2. The number of ether oxygens (including phenoxy) is 10. The van der Waals surface area contributed by atoms with Crippen LogP contribution in [0.1, 0.15) is 133 Å². The molecule has 0 aromatic heterocycles. The van der Waals surface area contributed by atoms with E-state index in [9.17, 15) is 76.7 Å². The molecule has 0 aliphatic carbocycles. The molecule has 0 saturated heterocycles. The number of phenolic OH excluding ortho intramolecular Hbond substituents is 1. The molecule has 0 aliphatic rings. The van der Waals surface area contributed by atoms with E-state index in [-0.39, 0.29) is 88.2 Å². The van der Waals surface area contributed by atoms with Crippen molar-refractivity contribution in [3.8, 4) is 40.2 Å². The van der Waals surface area contributed by atoms with Gasteiger partial charge < -0.3 is 72.9 Å². The number of alkyl halides is 12. The van der Waals surface area contributed by atoms with Gasteiger partial charge in [0.2, 0.25) is 0 Å². The van der Waals surface area contributed by atoms with Gasteiger partial charge in [0.15, 0.2) is 25.7 Å². The van der Waals surface area contributed by atoms with Crippen LogP contribution in [0, 0.1) is 50.4 Å². The highest BCUT2D eigenvalue weighted by Gasteiger charge is 2.33. The molecular formula is C88H112F12O20S3. The molecule has 7 aromatic rings. The lowest BCUT2D eigenvalue weighted by molar-refractivity contribution is -0.162. The molecule has 3 unspecified atom stereocenters. The first-order valence-corrected chi connectivity index (χ1v) is 41.5. The number of esters is 4. The van der Waals surface area contributed by atoms with Gasteiger partial charge in [0, 0.05) is 69.7 Å². The van der Waals surface area contributed by atoms with Crippen LogP contribution in [0.2, 0.25) is 0 Å². The predicted octanol–water partition coefficient (Wildman–Crippen LogP) is 20.7. The molecule has 0 spiro atoms. The highest BCUT2D eigenvalue weighted by molar-refractivity contribution is 7.99. The smallest absolute Gasteiger partial charge is 0.416 e. The van der Waals surface area contributed by atoms with Crippen LogP contribution in [-0.4, -0.2) is 153 Å². The van der Waals surface area contributed by atoms with Gasteiger partial charge in [-0.2, -0.15) is 52.7 Å². The van der Waals surface area contributed by atoms with Crippen molar-refractivity contribution in [1.82, 2.24) is 0 Å². The first kappa shape index (κ1) is 112. The first-order valence-electron chi connectivity index (χ1n) is 39.1. The number of phenols is 1. The van der Waals surface area contributed by atoms with Crippen LogP contribution < -0.4 is 28.4 Å². The lowest BCUT2D eigenvalue weighted by atomic mass is 10.1. The minimum atomic E-state index is -4.35. The van der Waals surface area contributed by atoms with Crippen LogP contribution in [0.25, 0.3) is 0 Å². The van der Waals surface area contributed by atoms with Crippen molar-refractivity contribution in [1.29, 1.82) is 0 Å². The Bertz CT molecular complexity index is 4090. The molecule has 0 saturated carbocycles. The van der Waals surface area contributed by atoms with E-state index in [4.69, 9.17) is 72.9 Å². The van der Waals surface area contributed by atoms with Gasteiger partial charge in [-0.25, -0.2) is 14.4 Å². The molecular weight excluding hydrogens is 1700 g/mol. The van der Waals surface area contributed by atoms with Gasteiger partial charge in [0.05, 0.1) is 68.5 Å². The Kier molecular flexibility index (Phi) is 54.6. The Morgan fingerprint density at radius 3 is 0.919 bits per heavy atom. The summed E-state index contributed by atoms with van der Waals surface area (Å²) < 4.78 is 200. The fourth-order valence-corrected chi connectivity index (χ4v) is 12.0. The molecule has 3 atom stereocenters. The summed E-state index contributed by atoms with van der Waals surface area (Å²) in [5, 5.41) is 43.0. The number of carbonyl (C=O) groups excluding carboxylic acids is 4. The number of rotatable bonds is 38. The summed E-state index contributed by atoms with van der Waals surface area (Å²) in [6, 6.07) is 34.4. The summed E-state index contributed by atoms with van der Waals surface area (Å²) in [6.45, 7) is 24.3. The molecule has 7 aromatic carbocycles. The van der Waals surface area contributed by atoms with E-state index in [1.165, 1.54) is 36.4 Å². The van der Waals surface area contributed by atoms with Crippen LogP contribution >= 0.6 is 36.2 Å². The van der Waals surface area contributed by atoms with Crippen LogP contribution in [0.15, 0.2) is 166 Å². The number of carboxylic acid groups (broad SMARTS) is 1. The van der Waals surface area contributed by atoms with Crippen LogP contribution in [-0.2, 0) is 67.6 Å². The van der Waals surface area contributed by atoms with Crippen molar-refractivity contribution in [2.24, 2.45) is 29.6 Å². The third-order valence-electron chi connectivity index (χ3n) is 16.9. The molecule has 686 valence electrons. The number of aliphatic hydroxyl groups excluding tert-OH is 3. The number of aryl methyl sites for hydroxylation is 3. The van der Waals surface area contributed by atoms with Gasteiger partial charge in [0.1, 0.15) is 40.2 Å². The first-order chi connectivity index (χ1) is 58.0. The second-order valence-electron chi connectivity index (χ2n) is 26.5. The molecule has 0 radical (unpaired) electrons. The zero-order valence-electron chi connectivity index (χ0n) is 70.6. The molecule has 0 amide bonds. The summed E-state index contributed by atoms with van der Waals surface area (Å²) in [4.78, 5) is 58.3. The van der Waals surface area contributed by atoms with Gasteiger partial charge in [0.25, 0.3) is 0 Å². The molecule has 0 fully saturated rings. The summed E-state index contributed by atoms with van der Waals surface area (Å²) in [6.07, 6.45) is -13.6. The monoisotopic (exact) mass is 1810 g/mol. The number of thiol groups is 1. The molecule has 0 heterocycles. The second-order valence-corrected chi connectivity index (χ2v) is 29.2. The highest BCUT2D eigenvalue weighted by Crippen LogP contribution is 2.36. The average molecular weight is 1810 g/mol. The Hall–Kier alpha value is -9.42. The predicted molar refractivity (Wildman–Crippen MR) is 447 cm³/mol. The maximum Gasteiger partial charge on any atom is 0.416 e. The van der Waals surface area contributed by atoms with Crippen molar-refractivity contribution >= 4 is 66.0 Å². The number of aliphatic carboxylic acids is 1. The number of carboxylic acids is 1. The standard InChI is InChI=1S/C23H27F3O4S.C21H23F3O4S.C12H15F3O2.C11H14O3S.C9H16O4.C7H5F3O.C5H12O2/c1-4-17(13-29-19-8-6-18(7-9-19)23(24,25)26)15-31-20-10-11-21(16(3)12-20)30-14-22(27)28-5-2;1-3-15(11-27-17-6-4-16(5-7-17)21(22,23)24)13-29-18-8-9-19(14(2)10-18)28-12-20(25)26;1-2-9(7-16)8-17-11-5-3-10(4-6-11)12(13,14)15;1-3-13-11(12)7-14-10-5-4-9(15)6-8(10)2;1-4-7(8(10)12-5-2)9(11)13-6-3;8-7(9,10)5-1-3-6(11)4-2-5;1-2-5(3-6)4-7/h6-12,17H,4-5,13-15H2,1-3H3;4-10,15H,3,11-13H2,1-2H3,(H,25,26);3-6,9,16H,2,7-8H2,1H3;4-6,15H,3,7H2,1-2H3;7H,4-6H2,1-3H3;1-4,11H;5-7H,2-4H2,1H3. The number of hydrogen-bond donors (Lipinski definition) is 6. The molecule has 5 N–H and O–H groups in total. The van der Waals surface area contributed by atoms with Gasteiger partial charge in [-0.15, -0.1) is 36.2 Å². The van der Waals surface area contributed by atoms with Gasteiger partial charge in [-0.1, -0.05) is 34.6 Å². The van der Waals surface area contributed by atoms with Crippen molar-refractivity contribution in [2.75, 3.05) is 97.4 Å². The number of benzene rings is 7. The summed E-state index contributed by atoms with van der Waals surface area (Å²) in [5.41, 5.74) is -0.110. The minimum absolute atomic E-state index is 0.0110. The third kappa shape index (κ3) is 47.9. The number of halogens is 12. The van der Waals surface area contributed by atoms with E-state index in [1.54, 1.807) is 70.3 Å². The molecule has 123 heavy (non-hydrogen) atoms. The number of aliphatic hydroxyl groups is 3. The summed E-state index contributed by atoms with van der Waals surface area (Å²) in [7, 11) is 0. The number of carbonyl (C=O) groups is 5. The largest absolute Gasteiger partial charge is 0.508 e. The summed E-state index contributed by atoms with van der Waals surface area (Å²) >= 11 is 7.51. The van der Waals surface area contributed by atoms with Crippen LogP contribution in [0.4, 0.5) is 52.7 Å². The SMILES string of the molecule is CCC(CO)CO.CCC(CO)COc1ccc(C(F)(F)F)cc1.CCC(COc1ccc(C(F)(F)F)cc1)CSc1ccc(OCC(=O)O)c(C)c1.CCOC(=O)C(CC)C(=O)OCC.CCOC(=O)COc1ccc(S)cc1C.CCOC(=O)COc1ccc(SCC(CC)COc2ccc(C(F)(F)F)cc2)cc1C.Oc1ccc(C(F)(F)F)cc1. The molecule has 20 nitrogen and oxygen atoms in total. The van der Waals surface area contributed by atoms with Gasteiger partial charge >= 0.3 is 54.6 Å². The number of aromatic hydroxyl groups is 1.